The number of rotatable bonds is 7. The maximum absolute atomic E-state index is 13.3. The van der Waals surface area contributed by atoms with Crippen LogP contribution in [0.5, 0.6) is 0 Å². The Bertz CT molecular complexity index is 1070. The molecule has 156 valence electrons. The van der Waals surface area contributed by atoms with Gasteiger partial charge in [0, 0.05) is 37.2 Å². The highest BCUT2D eigenvalue weighted by molar-refractivity contribution is 14.0. The van der Waals surface area contributed by atoms with Crippen molar-refractivity contribution in [1.29, 1.82) is 0 Å². The van der Waals surface area contributed by atoms with Crippen LogP contribution in [0, 0.1) is 5.82 Å². The Morgan fingerprint density at radius 3 is 2.55 bits per heavy atom. The third-order valence-corrected chi connectivity index (χ3v) is 6.14. The second kappa shape index (κ2) is 10.6. The number of aromatic amines is 1. The number of aromatic nitrogens is 1. The Kier molecular flexibility index (Phi) is 8.45. The molecular formula is C20H24FIN4O2S. The molecule has 3 N–H and O–H groups in total. The second-order valence-corrected chi connectivity index (χ2v) is 8.42. The van der Waals surface area contributed by atoms with Crippen molar-refractivity contribution >= 4 is 50.7 Å². The maximum atomic E-state index is 13.3. The first-order valence-electron chi connectivity index (χ1n) is 8.97. The van der Waals surface area contributed by atoms with Crippen LogP contribution in [0.4, 0.5) is 4.39 Å². The molecule has 0 atom stereocenters. The van der Waals surface area contributed by atoms with Gasteiger partial charge in [-0.1, -0.05) is 18.2 Å². The van der Waals surface area contributed by atoms with Crippen LogP contribution < -0.4 is 10.6 Å². The van der Waals surface area contributed by atoms with E-state index in [-0.39, 0.29) is 42.1 Å². The van der Waals surface area contributed by atoms with E-state index in [2.05, 4.69) is 20.6 Å². The first kappa shape index (κ1) is 23.1. The minimum Gasteiger partial charge on any atom is -0.361 e. The Morgan fingerprint density at radius 1 is 1.10 bits per heavy atom. The molecule has 0 aliphatic rings. The lowest BCUT2D eigenvalue weighted by atomic mass is 10.1. The SMILES string of the molecule is CN=C(NCCc1c[nH]c2cc(F)ccc12)NCCS(=O)(=O)c1ccccc1.I. The summed E-state index contributed by atoms with van der Waals surface area (Å²) in [4.78, 5) is 7.50. The summed E-state index contributed by atoms with van der Waals surface area (Å²) in [5.41, 5.74) is 1.84. The lowest BCUT2D eigenvalue weighted by molar-refractivity contribution is 0.594. The molecule has 0 saturated carbocycles. The lowest BCUT2D eigenvalue weighted by Gasteiger charge is -2.12. The predicted octanol–water partition coefficient (Wildman–Crippen LogP) is 3.11. The van der Waals surface area contributed by atoms with E-state index in [1.807, 2.05) is 6.20 Å². The average Bonchev–Trinajstić information content (AvgIpc) is 3.09. The number of hydrogen-bond acceptors (Lipinski definition) is 3. The number of H-pyrrole nitrogens is 1. The molecule has 0 unspecified atom stereocenters. The van der Waals surface area contributed by atoms with Gasteiger partial charge in [0.2, 0.25) is 0 Å². The van der Waals surface area contributed by atoms with Gasteiger partial charge in [-0.3, -0.25) is 4.99 Å². The lowest BCUT2D eigenvalue weighted by Crippen LogP contribution is -2.40. The molecular weight excluding hydrogens is 506 g/mol. The topological polar surface area (TPSA) is 86.3 Å². The van der Waals surface area contributed by atoms with Gasteiger partial charge in [0.1, 0.15) is 5.82 Å². The molecule has 1 aromatic heterocycles. The van der Waals surface area contributed by atoms with Gasteiger partial charge in [0.25, 0.3) is 0 Å². The summed E-state index contributed by atoms with van der Waals surface area (Å²) in [6.07, 6.45) is 2.59. The molecule has 29 heavy (non-hydrogen) atoms. The summed E-state index contributed by atoms with van der Waals surface area (Å²) in [6.45, 7) is 0.860. The summed E-state index contributed by atoms with van der Waals surface area (Å²) in [5, 5.41) is 7.17. The number of hydrogen-bond donors (Lipinski definition) is 3. The number of halogens is 2. The molecule has 6 nitrogen and oxygen atoms in total. The fourth-order valence-corrected chi connectivity index (χ4v) is 4.13. The largest absolute Gasteiger partial charge is 0.361 e. The van der Waals surface area contributed by atoms with Gasteiger partial charge in [0.15, 0.2) is 15.8 Å². The molecule has 1 heterocycles. The normalized spacial score (nSPS) is 11.9. The van der Waals surface area contributed by atoms with Crippen LogP contribution >= 0.6 is 24.0 Å². The number of nitrogens with zero attached hydrogens (tertiary/aromatic N) is 1. The molecule has 9 heteroatoms. The fraction of sp³-hybridized carbons (Fsp3) is 0.250. The van der Waals surface area contributed by atoms with Crippen molar-refractivity contribution in [3.8, 4) is 0 Å². The van der Waals surface area contributed by atoms with Crippen LogP contribution in [0.25, 0.3) is 10.9 Å². The highest BCUT2D eigenvalue weighted by atomic mass is 127. The van der Waals surface area contributed by atoms with Crippen LogP contribution in [0.15, 0.2) is 64.6 Å². The van der Waals surface area contributed by atoms with E-state index in [0.29, 0.717) is 23.8 Å². The standard InChI is InChI=1S/C20H23FN4O2S.HI/c1-22-20(24-11-12-28(26,27)17-5-3-2-4-6-17)23-10-9-15-14-25-19-13-16(21)7-8-18(15)19;/h2-8,13-14,25H,9-12H2,1H3,(H2,22,23,24);1H. The predicted molar refractivity (Wildman–Crippen MR) is 125 cm³/mol. The molecule has 0 radical (unpaired) electrons. The number of benzene rings is 2. The molecule has 0 amide bonds. The maximum Gasteiger partial charge on any atom is 0.191 e. The van der Waals surface area contributed by atoms with Gasteiger partial charge < -0.3 is 15.6 Å². The summed E-state index contributed by atoms with van der Waals surface area (Å²) >= 11 is 0. The van der Waals surface area contributed by atoms with Crippen molar-refractivity contribution in [3.05, 3.63) is 66.1 Å². The molecule has 0 fully saturated rings. The van der Waals surface area contributed by atoms with Crippen LogP contribution in [0.2, 0.25) is 0 Å². The summed E-state index contributed by atoms with van der Waals surface area (Å²) in [5.74, 6) is 0.245. The quantitative estimate of drug-likeness (QED) is 0.249. The van der Waals surface area contributed by atoms with E-state index >= 15 is 0 Å². The first-order valence-corrected chi connectivity index (χ1v) is 10.6. The molecule has 0 aliphatic carbocycles. The van der Waals surface area contributed by atoms with Crippen LogP contribution in [0.3, 0.4) is 0 Å². The van der Waals surface area contributed by atoms with E-state index in [1.54, 1.807) is 43.4 Å². The monoisotopic (exact) mass is 530 g/mol. The smallest absolute Gasteiger partial charge is 0.191 e. The fourth-order valence-electron chi connectivity index (χ4n) is 2.95. The zero-order chi connectivity index (χ0) is 20.0. The van der Waals surface area contributed by atoms with Gasteiger partial charge in [-0.2, -0.15) is 0 Å². The van der Waals surface area contributed by atoms with Crippen molar-refractivity contribution in [1.82, 2.24) is 15.6 Å². The molecule has 3 aromatic rings. The molecule has 0 saturated heterocycles. The minimum absolute atomic E-state index is 0. The van der Waals surface area contributed by atoms with Crippen molar-refractivity contribution < 1.29 is 12.8 Å². The number of aliphatic imine (C=N–C) groups is 1. The second-order valence-electron chi connectivity index (χ2n) is 6.31. The van der Waals surface area contributed by atoms with Crippen LogP contribution in [-0.2, 0) is 16.3 Å². The van der Waals surface area contributed by atoms with E-state index in [0.717, 1.165) is 16.5 Å². The van der Waals surface area contributed by atoms with Crippen LogP contribution in [-0.4, -0.2) is 45.3 Å². The van der Waals surface area contributed by atoms with Crippen molar-refractivity contribution in [2.45, 2.75) is 11.3 Å². The highest BCUT2D eigenvalue weighted by Gasteiger charge is 2.13. The molecule has 0 spiro atoms. The third-order valence-electron chi connectivity index (χ3n) is 4.41. The number of sulfone groups is 1. The van der Waals surface area contributed by atoms with Gasteiger partial charge in [-0.25, -0.2) is 12.8 Å². The third kappa shape index (κ3) is 6.17. The van der Waals surface area contributed by atoms with Gasteiger partial charge in [-0.05, 0) is 42.3 Å². The Morgan fingerprint density at radius 2 is 1.83 bits per heavy atom. The van der Waals surface area contributed by atoms with Crippen LogP contribution in [0.1, 0.15) is 5.56 Å². The zero-order valence-corrected chi connectivity index (χ0v) is 19.1. The Labute approximate surface area is 186 Å². The van der Waals surface area contributed by atoms with E-state index < -0.39 is 9.84 Å². The van der Waals surface area contributed by atoms with Crippen molar-refractivity contribution in [2.75, 3.05) is 25.9 Å². The zero-order valence-electron chi connectivity index (χ0n) is 16.0. The average molecular weight is 530 g/mol. The molecule has 2 aromatic carbocycles. The molecule has 0 bridgehead atoms. The first-order chi connectivity index (χ1) is 13.5. The van der Waals surface area contributed by atoms with E-state index in [1.165, 1.54) is 12.1 Å². The van der Waals surface area contributed by atoms with Crippen molar-refractivity contribution in [2.24, 2.45) is 4.99 Å². The van der Waals surface area contributed by atoms with E-state index in [4.69, 9.17) is 0 Å². The molecule has 3 rings (SSSR count). The summed E-state index contributed by atoms with van der Waals surface area (Å²) in [6, 6.07) is 13.1. The van der Waals surface area contributed by atoms with Gasteiger partial charge in [-0.15, -0.1) is 24.0 Å². The minimum atomic E-state index is -3.33. The van der Waals surface area contributed by atoms with Gasteiger partial charge >= 0.3 is 0 Å². The summed E-state index contributed by atoms with van der Waals surface area (Å²) in [7, 11) is -1.69. The molecule has 0 aliphatic heterocycles. The number of nitrogens with one attached hydrogen (secondary N) is 3. The van der Waals surface area contributed by atoms with Crippen molar-refractivity contribution in [3.63, 3.8) is 0 Å². The Hall–Kier alpha value is -2.14. The Balaban J connectivity index is 0.00000300. The highest BCUT2D eigenvalue weighted by Crippen LogP contribution is 2.19. The number of guanidine groups is 1. The summed E-state index contributed by atoms with van der Waals surface area (Å²) < 4.78 is 37.8. The van der Waals surface area contributed by atoms with E-state index in [9.17, 15) is 12.8 Å². The van der Waals surface area contributed by atoms with Gasteiger partial charge in [0.05, 0.1) is 10.6 Å². The number of fused-ring (bicyclic) bond motifs is 1.